The maximum absolute atomic E-state index is 12.5. The molecule has 1 aromatic heterocycles. The molecule has 2 atom stereocenters. The molecule has 5 heteroatoms. The van der Waals surface area contributed by atoms with Gasteiger partial charge in [0.15, 0.2) is 5.13 Å². The van der Waals surface area contributed by atoms with Crippen LogP contribution in [0.2, 0.25) is 0 Å². The van der Waals surface area contributed by atoms with E-state index in [1.165, 1.54) is 16.9 Å². The number of carbonyl (C=O) groups excluding carboxylic acids is 1. The number of methoxy groups -OCH3 is 1. The normalized spacial score (nSPS) is 18.6. The van der Waals surface area contributed by atoms with Crippen molar-refractivity contribution in [3.63, 3.8) is 0 Å². The van der Waals surface area contributed by atoms with Crippen LogP contribution in [-0.4, -0.2) is 18.0 Å². The summed E-state index contributed by atoms with van der Waals surface area (Å²) in [6, 6.07) is 17.9. The van der Waals surface area contributed by atoms with Crippen LogP contribution in [0.1, 0.15) is 17.9 Å². The molecule has 1 N–H and O–H groups in total. The van der Waals surface area contributed by atoms with Crippen molar-refractivity contribution < 1.29 is 9.53 Å². The first-order chi connectivity index (χ1) is 12.2. The molecule has 0 radical (unpaired) electrons. The van der Waals surface area contributed by atoms with Crippen molar-refractivity contribution in [1.29, 1.82) is 0 Å². The number of amides is 1. The Morgan fingerprint density at radius 2 is 1.92 bits per heavy atom. The maximum Gasteiger partial charge on any atom is 0.229 e. The van der Waals surface area contributed by atoms with Gasteiger partial charge in [0, 0.05) is 16.9 Å². The lowest BCUT2D eigenvalue weighted by Gasteiger charge is -2.03. The standard InChI is InChI=1S/C20H18N2O2S/c1-24-15-9-7-13(8-10-15)16-11-17(16)19(23)22-20-21-18(12-25-20)14-5-3-2-4-6-14/h2-10,12,16-17H,11H2,1H3,(H,21,22,23). The Morgan fingerprint density at radius 3 is 2.64 bits per heavy atom. The molecule has 2 unspecified atom stereocenters. The summed E-state index contributed by atoms with van der Waals surface area (Å²) in [5, 5.41) is 5.59. The summed E-state index contributed by atoms with van der Waals surface area (Å²) in [4.78, 5) is 17.0. The van der Waals surface area contributed by atoms with Crippen molar-refractivity contribution in [1.82, 2.24) is 4.98 Å². The predicted molar refractivity (Wildman–Crippen MR) is 100 cm³/mol. The van der Waals surface area contributed by atoms with Crippen molar-refractivity contribution in [2.45, 2.75) is 12.3 Å². The number of aromatic nitrogens is 1. The van der Waals surface area contributed by atoms with Gasteiger partial charge in [-0.05, 0) is 30.0 Å². The van der Waals surface area contributed by atoms with Crippen LogP contribution < -0.4 is 10.1 Å². The molecule has 25 heavy (non-hydrogen) atoms. The average Bonchev–Trinajstić information content (AvgIpc) is 3.34. The summed E-state index contributed by atoms with van der Waals surface area (Å²) < 4.78 is 5.18. The predicted octanol–water partition coefficient (Wildman–Crippen LogP) is 4.56. The molecule has 1 aliphatic rings. The Hall–Kier alpha value is -2.66. The molecule has 0 saturated heterocycles. The van der Waals surface area contributed by atoms with E-state index in [4.69, 9.17) is 4.74 Å². The van der Waals surface area contributed by atoms with E-state index >= 15 is 0 Å². The maximum atomic E-state index is 12.5. The fourth-order valence-electron chi connectivity index (χ4n) is 2.98. The van der Waals surface area contributed by atoms with Crippen molar-refractivity contribution in [3.05, 3.63) is 65.5 Å². The molecule has 0 bridgehead atoms. The van der Waals surface area contributed by atoms with Gasteiger partial charge in [0.1, 0.15) is 5.75 Å². The molecule has 1 aliphatic carbocycles. The van der Waals surface area contributed by atoms with Crippen LogP contribution in [0.5, 0.6) is 5.75 Å². The molecule has 1 amide bonds. The van der Waals surface area contributed by atoms with Crippen LogP contribution in [0.4, 0.5) is 5.13 Å². The highest BCUT2D eigenvalue weighted by Crippen LogP contribution is 2.48. The van der Waals surface area contributed by atoms with Gasteiger partial charge in [-0.25, -0.2) is 4.98 Å². The molecule has 4 rings (SSSR count). The Kier molecular flexibility index (Phi) is 4.24. The van der Waals surface area contributed by atoms with Gasteiger partial charge in [0.2, 0.25) is 5.91 Å². The van der Waals surface area contributed by atoms with Crippen LogP contribution in [0.15, 0.2) is 60.0 Å². The van der Waals surface area contributed by atoms with E-state index in [1.54, 1.807) is 7.11 Å². The summed E-state index contributed by atoms with van der Waals surface area (Å²) in [6.07, 6.45) is 0.884. The van der Waals surface area contributed by atoms with Crippen LogP contribution in [-0.2, 0) is 4.79 Å². The lowest BCUT2D eigenvalue weighted by molar-refractivity contribution is -0.117. The monoisotopic (exact) mass is 350 g/mol. The number of hydrogen-bond donors (Lipinski definition) is 1. The summed E-state index contributed by atoms with van der Waals surface area (Å²) in [7, 11) is 1.65. The Balaban J connectivity index is 1.39. The molecule has 126 valence electrons. The van der Waals surface area contributed by atoms with Gasteiger partial charge >= 0.3 is 0 Å². The van der Waals surface area contributed by atoms with Gasteiger partial charge in [-0.15, -0.1) is 11.3 Å². The molecule has 3 aromatic rings. The zero-order chi connectivity index (χ0) is 17.2. The third-order valence-electron chi connectivity index (χ3n) is 4.48. The Morgan fingerprint density at radius 1 is 1.16 bits per heavy atom. The SMILES string of the molecule is COc1ccc(C2CC2C(=O)Nc2nc(-c3ccccc3)cs2)cc1. The number of hydrogen-bond acceptors (Lipinski definition) is 4. The van der Waals surface area contributed by atoms with Crippen LogP contribution in [0, 0.1) is 5.92 Å². The van der Waals surface area contributed by atoms with Crippen molar-refractivity contribution >= 4 is 22.4 Å². The fourth-order valence-corrected chi connectivity index (χ4v) is 3.70. The van der Waals surface area contributed by atoms with Gasteiger partial charge in [0.05, 0.1) is 12.8 Å². The van der Waals surface area contributed by atoms with Gasteiger partial charge in [-0.1, -0.05) is 42.5 Å². The molecule has 1 heterocycles. The number of anilines is 1. The molecule has 0 aliphatic heterocycles. The van der Waals surface area contributed by atoms with E-state index in [0.29, 0.717) is 11.0 Å². The first kappa shape index (κ1) is 15.8. The molecule has 1 saturated carbocycles. The van der Waals surface area contributed by atoms with Gasteiger partial charge in [-0.2, -0.15) is 0 Å². The first-order valence-electron chi connectivity index (χ1n) is 8.20. The summed E-state index contributed by atoms with van der Waals surface area (Å²) in [5.74, 6) is 1.20. The highest BCUT2D eigenvalue weighted by Gasteiger charge is 2.44. The zero-order valence-electron chi connectivity index (χ0n) is 13.8. The molecule has 2 aromatic carbocycles. The number of carbonyl (C=O) groups is 1. The van der Waals surface area contributed by atoms with E-state index < -0.39 is 0 Å². The number of benzene rings is 2. The highest BCUT2D eigenvalue weighted by molar-refractivity contribution is 7.14. The van der Waals surface area contributed by atoms with Crippen molar-refractivity contribution in [3.8, 4) is 17.0 Å². The smallest absolute Gasteiger partial charge is 0.229 e. The van der Waals surface area contributed by atoms with Crippen molar-refractivity contribution in [2.75, 3.05) is 12.4 Å². The van der Waals surface area contributed by atoms with Gasteiger partial charge in [-0.3, -0.25) is 4.79 Å². The second kappa shape index (κ2) is 6.69. The van der Waals surface area contributed by atoms with Crippen LogP contribution in [0.25, 0.3) is 11.3 Å². The van der Waals surface area contributed by atoms with Crippen molar-refractivity contribution in [2.24, 2.45) is 5.92 Å². The van der Waals surface area contributed by atoms with Gasteiger partial charge < -0.3 is 10.1 Å². The summed E-state index contributed by atoms with van der Waals surface area (Å²) >= 11 is 1.46. The average molecular weight is 350 g/mol. The minimum Gasteiger partial charge on any atom is -0.497 e. The second-order valence-corrected chi connectivity index (χ2v) is 6.97. The topological polar surface area (TPSA) is 51.2 Å². The number of nitrogens with one attached hydrogen (secondary N) is 1. The van der Waals surface area contributed by atoms with E-state index in [0.717, 1.165) is 23.4 Å². The van der Waals surface area contributed by atoms with E-state index in [9.17, 15) is 4.79 Å². The number of nitrogens with zero attached hydrogens (tertiary/aromatic N) is 1. The van der Waals surface area contributed by atoms with E-state index in [2.05, 4.69) is 10.3 Å². The molecular weight excluding hydrogens is 332 g/mol. The lowest BCUT2D eigenvalue weighted by Crippen LogP contribution is -2.14. The number of ether oxygens (including phenoxy) is 1. The zero-order valence-corrected chi connectivity index (χ0v) is 14.6. The third-order valence-corrected chi connectivity index (χ3v) is 5.23. The van der Waals surface area contributed by atoms with E-state index in [-0.39, 0.29) is 11.8 Å². The Labute approximate surface area is 150 Å². The molecule has 1 fully saturated rings. The summed E-state index contributed by atoms with van der Waals surface area (Å²) in [6.45, 7) is 0. The number of rotatable bonds is 5. The fraction of sp³-hybridized carbons (Fsp3) is 0.200. The Bertz CT molecular complexity index is 874. The van der Waals surface area contributed by atoms with Crippen LogP contribution in [0.3, 0.4) is 0 Å². The minimum absolute atomic E-state index is 0.0254. The minimum atomic E-state index is 0.0254. The second-order valence-electron chi connectivity index (χ2n) is 6.12. The van der Waals surface area contributed by atoms with Gasteiger partial charge in [0.25, 0.3) is 0 Å². The molecular formula is C20H18N2O2S. The molecule has 0 spiro atoms. The summed E-state index contributed by atoms with van der Waals surface area (Å²) in [5.41, 5.74) is 3.13. The van der Waals surface area contributed by atoms with E-state index in [1.807, 2.05) is 60.0 Å². The molecule has 4 nitrogen and oxygen atoms in total. The van der Waals surface area contributed by atoms with Crippen LogP contribution >= 0.6 is 11.3 Å². The number of thiazole rings is 1. The largest absolute Gasteiger partial charge is 0.497 e. The first-order valence-corrected chi connectivity index (χ1v) is 9.08. The lowest BCUT2D eigenvalue weighted by atomic mass is 10.1. The highest BCUT2D eigenvalue weighted by atomic mass is 32.1. The quantitative estimate of drug-likeness (QED) is 0.734. The third kappa shape index (κ3) is 3.42.